The van der Waals surface area contributed by atoms with Crippen LogP contribution in [0.4, 0.5) is 0 Å². The number of aromatic hydroxyl groups is 1. The zero-order valence-electron chi connectivity index (χ0n) is 17.3. The highest BCUT2D eigenvalue weighted by Crippen LogP contribution is 2.25. The Morgan fingerprint density at radius 3 is 2.46 bits per heavy atom. The maximum Gasteiger partial charge on any atom is 0.207 e. The normalized spacial score (nSPS) is 15.5. The van der Waals surface area contributed by atoms with E-state index in [-0.39, 0.29) is 0 Å². The van der Waals surface area contributed by atoms with E-state index in [4.69, 9.17) is 5.11 Å². The minimum absolute atomic E-state index is 0.368. The van der Waals surface area contributed by atoms with Crippen molar-refractivity contribution in [1.82, 2.24) is 10.6 Å². The minimum Gasteiger partial charge on any atom is -0.508 e. The first-order chi connectivity index (χ1) is 12.8. The van der Waals surface area contributed by atoms with Crippen molar-refractivity contribution < 1.29 is 9.90 Å². The van der Waals surface area contributed by atoms with Crippen molar-refractivity contribution in [3.05, 3.63) is 29.3 Å². The smallest absolute Gasteiger partial charge is 0.207 e. The molecule has 1 aromatic carbocycles. The van der Waals surface area contributed by atoms with Crippen LogP contribution >= 0.6 is 0 Å². The first kappa shape index (κ1) is 24.5. The number of hydrogen-bond donors (Lipinski definition) is 3. The lowest BCUT2D eigenvalue weighted by molar-refractivity contribution is -0.109. The molecule has 26 heavy (non-hydrogen) atoms. The van der Waals surface area contributed by atoms with Gasteiger partial charge in [0.2, 0.25) is 6.41 Å². The summed E-state index contributed by atoms with van der Waals surface area (Å²) >= 11 is 0. The number of nitrogens with one attached hydrogen (secondary N) is 2. The Kier molecular flexibility index (Phi) is 15.9. The SMILES string of the molecule is CC.CC.O=CNCCC1CCCCC1.Oc1ccc2c(c1)CNCC2. The Hall–Kier alpha value is -1.55. The summed E-state index contributed by atoms with van der Waals surface area (Å²) in [6, 6.07) is 5.59. The lowest BCUT2D eigenvalue weighted by Gasteiger charge is -2.20. The first-order valence-electron chi connectivity index (χ1n) is 10.5. The topological polar surface area (TPSA) is 61.4 Å². The van der Waals surface area contributed by atoms with Crippen LogP contribution in [0.15, 0.2) is 18.2 Å². The maximum absolute atomic E-state index is 9.94. The molecule has 1 fully saturated rings. The van der Waals surface area contributed by atoms with E-state index in [9.17, 15) is 4.79 Å². The molecule has 1 aromatic rings. The van der Waals surface area contributed by atoms with Gasteiger partial charge in [0, 0.05) is 13.1 Å². The number of benzene rings is 1. The van der Waals surface area contributed by atoms with E-state index in [1.54, 1.807) is 6.07 Å². The summed E-state index contributed by atoms with van der Waals surface area (Å²) in [5.41, 5.74) is 2.60. The van der Waals surface area contributed by atoms with Crippen LogP contribution in [0.3, 0.4) is 0 Å². The molecule has 4 heteroatoms. The van der Waals surface area contributed by atoms with Crippen LogP contribution in [0.25, 0.3) is 0 Å². The highest BCUT2D eigenvalue weighted by molar-refractivity contribution is 5.45. The number of hydrogen-bond acceptors (Lipinski definition) is 3. The number of fused-ring (bicyclic) bond motifs is 1. The highest BCUT2D eigenvalue weighted by Gasteiger charge is 2.12. The molecule has 0 bridgehead atoms. The summed E-state index contributed by atoms with van der Waals surface area (Å²) in [4.78, 5) is 9.94. The summed E-state index contributed by atoms with van der Waals surface area (Å²) < 4.78 is 0. The third-order valence-corrected chi connectivity index (χ3v) is 4.58. The summed E-state index contributed by atoms with van der Waals surface area (Å²) in [6.07, 6.45) is 10.0. The monoisotopic (exact) mass is 364 g/mol. The average Bonchev–Trinajstić information content (AvgIpc) is 2.72. The van der Waals surface area contributed by atoms with Gasteiger partial charge in [-0.15, -0.1) is 0 Å². The van der Waals surface area contributed by atoms with Crippen LogP contribution in [0, 0.1) is 5.92 Å². The summed E-state index contributed by atoms with van der Waals surface area (Å²) in [5.74, 6) is 1.25. The molecular weight excluding hydrogens is 324 g/mol. The van der Waals surface area contributed by atoms with Gasteiger partial charge in [0.05, 0.1) is 0 Å². The van der Waals surface area contributed by atoms with Crippen LogP contribution in [0.2, 0.25) is 0 Å². The largest absolute Gasteiger partial charge is 0.508 e. The molecule has 3 N–H and O–H groups in total. The zero-order chi connectivity index (χ0) is 19.6. The van der Waals surface area contributed by atoms with Gasteiger partial charge in [-0.2, -0.15) is 0 Å². The van der Waals surface area contributed by atoms with Crippen LogP contribution in [-0.2, 0) is 17.8 Å². The molecule has 0 unspecified atom stereocenters. The van der Waals surface area contributed by atoms with Crippen LogP contribution in [0.1, 0.15) is 77.3 Å². The van der Waals surface area contributed by atoms with Crippen molar-refractivity contribution in [2.45, 2.75) is 79.2 Å². The Morgan fingerprint density at radius 1 is 1.12 bits per heavy atom. The molecule has 4 nitrogen and oxygen atoms in total. The zero-order valence-corrected chi connectivity index (χ0v) is 17.3. The maximum atomic E-state index is 9.94. The molecule has 0 radical (unpaired) electrons. The van der Waals surface area contributed by atoms with Gasteiger partial charge in [-0.1, -0.05) is 65.9 Å². The van der Waals surface area contributed by atoms with Crippen molar-refractivity contribution in [2.24, 2.45) is 5.92 Å². The van der Waals surface area contributed by atoms with E-state index in [2.05, 4.69) is 10.6 Å². The van der Waals surface area contributed by atoms with Crippen molar-refractivity contribution >= 4 is 6.41 Å². The standard InChI is InChI=1S/C9H11NO.C9H17NO.2C2H6/c11-9-2-1-7-3-4-10-6-8(7)5-9;11-8-10-7-6-9-4-2-1-3-5-9;2*1-2/h1-2,5,10-11H,3-4,6H2;8-9H,1-7H2,(H,10,11);2*1-2H3. The highest BCUT2D eigenvalue weighted by atomic mass is 16.3. The molecule has 0 saturated heterocycles. The van der Waals surface area contributed by atoms with Crippen molar-refractivity contribution in [2.75, 3.05) is 13.1 Å². The van der Waals surface area contributed by atoms with Gasteiger partial charge in [-0.05, 0) is 48.6 Å². The number of rotatable bonds is 4. The van der Waals surface area contributed by atoms with Gasteiger partial charge in [0.15, 0.2) is 0 Å². The van der Waals surface area contributed by atoms with Gasteiger partial charge in [-0.25, -0.2) is 0 Å². The summed E-state index contributed by atoms with van der Waals surface area (Å²) in [5, 5.41) is 15.1. The molecular formula is C22H40N2O2. The molecule has 2 aliphatic rings. The average molecular weight is 365 g/mol. The molecule has 0 spiro atoms. The number of carbonyl (C=O) groups is 1. The third-order valence-electron chi connectivity index (χ3n) is 4.58. The lowest BCUT2D eigenvalue weighted by Crippen LogP contribution is -2.23. The molecule has 0 atom stereocenters. The fraction of sp³-hybridized carbons (Fsp3) is 0.682. The lowest BCUT2D eigenvalue weighted by atomic mass is 9.87. The second-order valence-electron chi connectivity index (χ2n) is 6.24. The van der Waals surface area contributed by atoms with Crippen molar-refractivity contribution in [3.8, 4) is 5.75 Å². The van der Waals surface area contributed by atoms with E-state index in [0.29, 0.717) is 5.75 Å². The Morgan fingerprint density at radius 2 is 1.81 bits per heavy atom. The minimum atomic E-state index is 0.368. The van der Waals surface area contributed by atoms with E-state index < -0.39 is 0 Å². The van der Waals surface area contributed by atoms with Crippen LogP contribution < -0.4 is 10.6 Å². The molecule has 0 aromatic heterocycles. The fourth-order valence-corrected chi connectivity index (χ4v) is 3.29. The molecule has 1 aliphatic heterocycles. The molecule has 1 amide bonds. The van der Waals surface area contributed by atoms with Gasteiger partial charge < -0.3 is 15.7 Å². The van der Waals surface area contributed by atoms with E-state index in [1.807, 2.05) is 39.8 Å². The third kappa shape index (κ3) is 10.4. The van der Waals surface area contributed by atoms with Gasteiger partial charge in [0.25, 0.3) is 0 Å². The first-order valence-corrected chi connectivity index (χ1v) is 10.5. The molecule has 3 rings (SSSR count). The number of amides is 1. The van der Waals surface area contributed by atoms with Gasteiger partial charge in [-0.3, -0.25) is 4.79 Å². The fourth-order valence-electron chi connectivity index (χ4n) is 3.29. The van der Waals surface area contributed by atoms with Crippen LogP contribution in [-0.4, -0.2) is 24.6 Å². The second kappa shape index (κ2) is 16.9. The van der Waals surface area contributed by atoms with E-state index in [0.717, 1.165) is 38.4 Å². The number of carbonyl (C=O) groups excluding carboxylic acids is 1. The quantitative estimate of drug-likeness (QED) is 0.531. The Bertz CT molecular complexity index is 457. The number of phenolic OH excluding ortho intramolecular Hbond substituents is 1. The number of phenols is 1. The molecule has 1 saturated carbocycles. The Labute approximate surface area is 160 Å². The van der Waals surface area contributed by atoms with Crippen molar-refractivity contribution in [3.63, 3.8) is 0 Å². The molecule has 1 heterocycles. The Balaban J connectivity index is 0.000000404. The summed E-state index contributed by atoms with van der Waals surface area (Å²) in [7, 11) is 0. The van der Waals surface area contributed by atoms with E-state index >= 15 is 0 Å². The summed E-state index contributed by atoms with van der Waals surface area (Å²) in [6.45, 7) is 10.8. The molecule has 1 aliphatic carbocycles. The van der Waals surface area contributed by atoms with Gasteiger partial charge >= 0.3 is 0 Å². The van der Waals surface area contributed by atoms with E-state index in [1.165, 1.54) is 49.7 Å². The predicted octanol–water partition coefficient (Wildman–Crippen LogP) is 4.79. The van der Waals surface area contributed by atoms with Crippen molar-refractivity contribution in [1.29, 1.82) is 0 Å². The second-order valence-corrected chi connectivity index (χ2v) is 6.24. The van der Waals surface area contributed by atoms with Gasteiger partial charge in [0.1, 0.15) is 5.75 Å². The molecule has 150 valence electrons. The predicted molar refractivity (Wildman–Crippen MR) is 111 cm³/mol. The van der Waals surface area contributed by atoms with Crippen LogP contribution in [0.5, 0.6) is 5.75 Å².